The molecule has 0 radical (unpaired) electrons. The quantitative estimate of drug-likeness (QED) is 0.137. The number of unbranched alkanes of at least 4 members (excludes halogenated alkanes) is 7. The van der Waals surface area contributed by atoms with Gasteiger partial charge in [0, 0.05) is 6.42 Å². The predicted octanol–water partition coefficient (Wildman–Crippen LogP) is 7.96. The minimum atomic E-state index is -0.414. The van der Waals surface area contributed by atoms with Gasteiger partial charge in [-0.25, -0.2) is 0 Å². The number of carbonyl (C=O) groups is 2. The minimum absolute atomic E-state index is 0.0666. The number of allylic oxidation sites excluding steroid dienone is 2. The molecule has 6 atom stereocenters. The third kappa shape index (κ3) is 4.98. The molecule has 3 fully saturated rings. The van der Waals surface area contributed by atoms with Crippen molar-refractivity contribution in [3.8, 4) is 0 Å². The lowest BCUT2D eigenvalue weighted by atomic mass is 9.47. The first-order valence-corrected chi connectivity index (χ1v) is 14.4. The first kappa shape index (κ1) is 25.0. The van der Waals surface area contributed by atoms with Gasteiger partial charge in [0.05, 0.1) is 5.41 Å². The normalized spacial score (nSPS) is 37.5. The van der Waals surface area contributed by atoms with Crippen molar-refractivity contribution >= 4 is 12.3 Å². The number of aldehydes is 1. The van der Waals surface area contributed by atoms with Crippen molar-refractivity contribution in [1.82, 2.24) is 0 Å². The van der Waals surface area contributed by atoms with Crippen LogP contribution in [0.4, 0.5) is 0 Å². The third-order valence-corrected chi connectivity index (χ3v) is 10.3. The Bertz CT molecular complexity index is 711. The Morgan fingerprint density at radius 3 is 2.52 bits per heavy atom. The highest BCUT2D eigenvalue weighted by Gasteiger charge is 2.61. The number of hydrogen-bond donors (Lipinski definition) is 0. The highest BCUT2D eigenvalue weighted by atomic mass is 16.5. The first-order valence-electron chi connectivity index (χ1n) is 14.4. The standard InChI is InChI=1S/C30H48O3/c1-3-4-5-6-7-8-9-10-14-28(32)33-27-18-17-26-24-16-15-23-13-11-12-20-29(23,2)25(24)19-21-30(26,27)22-31/h13,22,24-27H,3-12,14-21H2,1-2H3/t24-,25+,26+,27?,29+,30-/m1/s1. The van der Waals surface area contributed by atoms with E-state index in [0.29, 0.717) is 29.6 Å². The van der Waals surface area contributed by atoms with E-state index in [4.69, 9.17) is 4.74 Å². The van der Waals surface area contributed by atoms with Gasteiger partial charge < -0.3 is 9.53 Å². The van der Waals surface area contributed by atoms with Gasteiger partial charge in [0.1, 0.15) is 12.4 Å². The topological polar surface area (TPSA) is 43.4 Å². The van der Waals surface area contributed by atoms with Crippen LogP contribution in [0.1, 0.15) is 129 Å². The molecule has 0 aromatic rings. The van der Waals surface area contributed by atoms with E-state index in [2.05, 4.69) is 19.9 Å². The molecule has 0 amide bonds. The van der Waals surface area contributed by atoms with Crippen LogP contribution >= 0.6 is 0 Å². The van der Waals surface area contributed by atoms with Crippen LogP contribution < -0.4 is 0 Å². The highest BCUT2D eigenvalue weighted by Crippen LogP contribution is 2.65. The number of hydrogen-bond acceptors (Lipinski definition) is 3. The van der Waals surface area contributed by atoms with Gasteiger partial charge in [-0.15, -0.1) is 0 Å². The van der Waals surface area contributed by atoms with Gasteiger partial charge in [0.2, 0.25) is 0 Å². The highest BCUT2D eigenvalue weighted by molar-refractivity contribution is 5.71. The van der Waals surface area contributed by atoms with Crippen molar-refractivity contribution in [1.29, 1.82) is 0 Å². The van der Waals surface area contributed by atoms with Crippen LogP contribution in [0.25, 0.3) is 0 Å². The van der Waals surface area contributed by atoms with Gasteiger partial charge in [-0.1, -0.05) is 70.4 Å². The largest absolute Gasteiger partial charge is 0.461 e. The zero-order chi connectivity index (χ0) is 23.3. The van der Waals surface area contributed by atoms with Crippen molar-refractivity contribution in [2.45, 2.75) is 136 Å². The molecule has 0 spiro atoms. The summed E-state index contributed by atoms with van der Waals surface area (Å²) >= 11 is 0. The Kier molecular flexibility index (Phi) is 8.39. The SMILES string of the molecule is CCCCCCCCCCC(=O)OC1CC[C@H]2[C@@H]3CCC4=CCCC[C@]4(C)[C@H]3CC[C@]12C=O. The minimum Gasteiger partial charge on any atom is -0.461 e. The van der Waals surface area contributed by atoms with E-state index in [1.54, 1.807) is 5.57 Å². The molecule has 4 aliphatic carbocycles. The fourth-order valence-corrected chi connectivity index (χ4v) is 8.44. The second kappa shape index (κ2) is 11.1. The van der Waals surface area contributed by atoms with E-state index in [9.17, 15) is 9.59 Å². The Hall–Kier alpha value is -1.12. The van der Waals surface area contributed by atoms with E-state index in [-0.39, 0.29) is 12.1 Å². The van der Waals surface area contributed by atoms with Crippen molar-refractivity contribution in [2.75, 3.05) is 0 Å². The summed E-state index contributed by atoms with van der Waals surface area (Å²) in [7, 11) is 0. The summed E-state index contributed by atoms with van der Waals surface area (Å²) in [6.45, 7) is 4.76. The fraction of sp³-hybridized carbons (Fsp3) is 0.867. The molecule has 1 unspecified atom stereocenters. The zero-order valence-corrected chi connectivity index (χ0v) is 21.4. The number of esters is 1. The molecule has 33 heavy (non-hydrogen) atoms. The summed E-state index contributed by atoms with van der Waals surface area (Å²) in [6.07, 6.45) is 24.2. The number of carbonyl (C=O) groups excluding carboxylic acids is 2. The summed E-state index contributed by atoms with van der Waals surface area (Å²) in [6, 6.07) is 0. The molecule has 0 heterocycles. The summed E-state index contributed by atoms with van der Waals surface area (Å²) < 4.78 is 6.06. The predicted molar refractivity (Wildman–Crippen MR) is 134 cm³/mol. The van der Waals surface area contributed by atoms with E-state index < -0.39 is 5.41 Å². The van der Waals surface area contributed by atoms with E-state index in [1.807, 2.05) is 0 Å². The second-order valence-corrected chi connectivity index (χ2v) is 12.0. The molecule has 0 aromatic heterocycles. The molecule has 4 aliphatic rings. The van der Waals surface area contributed by atoms with E-state index in [1.165, 1.54) is 76.9 Å². The van der Waals surface area contributed by atoms with Crippen molar-refractivity contribution < 1.29 is 14.3 Å². The molecular formula is C30H48O3. The van der Waals surface area contributed by atoms with Crippen LogP contribution in [-0.2, 0) is 14.3 Å². The molecule has 0 bridgehead atoms. The molecule has 0 aliphatic heterocycles. The lowest BCUT2D eigenvalue weighted by Crippen LogP contribution is -2.53. The molecule has 186 valence electrons. The molecule has 4 rings (SSSR count). The first-order chi connectivity index (χ1) is 16.0. The summed E-state index contributed by atoms with van der Waals surface area (Å²) in [4.78, 5) is 25.3. The molecule has 3 nitrogen and oxygen atoms in total. The number of rotatable bonds is 11. The van der Waals surface area contributed by atoms with Gasteiger partial charge in [-0.2, -0.15) is 0 Å². The lowest BCUT2D eigenvalue weighted by Gasteiger charge is -2.57. The Morgan fingerprint density at radius 2 is 1.76 bits per heavy atom. The van der Waals surface area contributed by atoms with Crippen LogP contribution in [0.15, 0.2) is 11.6 Å². The average Bonchev–Trinajstić information content (AvgIpc) is 3.19. The molecule has 3 saturated carbocycles. The molecule has 0 N–H and O–H groups in total. The molecule has 3 heteroatoms. The Morgan fingerprint density at radius 1 is 1.00 bits per heavy atom. The van der Waals surface area contributed by atoms with Crippen molar-refractivity contribution in [2.24, 2.45) is 28.6 Å². The fourth-order valence-electron chi connectivity index (χ4n) is 8.44. The zero-order valence-electron chi connectivity index (χ0n) is 21.4. The van der Waals surface area contributed by atoms with Gasteiger partial charge in [-0.05, 0) is 87.4 Å². The van der Waals surface area contributed by atoms with Crippen molar-refractivity contribution in [3.05, 3.63) is 11.6 Å². The molecule has 0 aromatic carbocycles. The summed E-state index contributed by atoms with van der Waals surface area (Å²) in [5.41, 5.74) is 1.64. The Balaban J connectivity index is 1.30. The maximum atomic E-state index is 12.7. The average molecular weight is 457 g/mol. The van der Waals surface area contributed by atoms with Gasteiger partial charge >= 0.3 is 5.97 Å². The number of fused-ring (bicyclic) bond motifs is 5. The second-order valence-electron chi connectivity index (χ2n) is 12.0. The maximum Gasteiger partial charge on any atom is 0.306 e. The van der Waals surface area contributed by atoms with Crippen LogP contribution in [0.5, 0.6) is 0 Å². The van der Waals surface area contributed by atoms with E-state index >= 15 is 0 Å². The van der Waals surface area contributed by atoms with Crippen LogP contribution in [0.2, 0.25) is 0 Å². The summed E-state index contributed by atoms with van der Waals surface area (Å²) in [5, 5.41) is 0. The van der Waals surface area contributed by atoms with E-state index in [0.717, 1.165) is 38.5 Å². The Labute approximate surface area is 202 Å². The molecular weight excluding hydrogens is 408 g/mol. The lowest BCUT2D eigenvalue weighted by molar-refractivity contribution is -0.163. The maximum absolute atomic E-state index is 12.7. The van der Waals surface area contributed by atoms with Crippen molar-refractivity contribution in [3.63, 3.8) is 0 Å². The van der Waals surface area contributed by atoms with Gasteiger partial charge in [0.25, 0.3) is 0 Å². The number of ether oxygens (including phenoxy) is 1. The van der Waals surface area contributed by atoms with Crippen LogP contribution in [0, 0.1) is 28.6 Å². The van der Waals surface area contributed by atoms with Crippen LogP contribution in [-0.4, -0.2) is 18.4 Å². The van der Waals surface area contributed by atoms with Crippen LogP contribution in [0.3, 0.4) is 0 Å². The third-order valence-electron chi connectivity index (χ3n) is 10.3. The van der Waals surface area contributed by atoms with Gasteiger partial charge in [0.15, 0.2) is 0 Å². The summed E-state index contributed by atoms with van der Waals surface area (Å²) in [5.74, 6) is 1.68. The molecule has 0 saturated heterocycles. The van der Waals surface area contributed by atoms with Gasteiger partial charge in [-0.3, -0.25) is 4.79 Å². The smallest absolute Gasteiger partial charge is 0.306 e. The monoisotopic (exact) mass is 456 g/mol.